The van der Waals surface area contributed by atoms with Crippen LogP contribution >= 0.6 is 11.9 Å². The molecule has 7 heavy (non-hydrogen) atoms. The van der Waals surface area contributed by atoms with Gasteiger partial charge in [0.05, 0.1) is 0 Å². The smallest absolute Gasteiger partial charge is 0.141 e. The van der Waals surface area contributed by atoms with E-state index in [1.165, 1.54) is 11.9 Å². The number of aliphatic hydroxyl groups is 1. The summed E-state index contributed by atoms with van der Waals surface area (Å²) in [6.45, 7) is 0. The molecule has 42 valence electrons. The average Bonchev–Trinajstić information content (AvgIpc) is 1.91. The van der Waals surface area contributed by atoms with Gasteiger partial charge in [-0.05, 0) is 11.9 Å². The number of aliphatic hydroxyl groups excluding tert-OH is 1. The van der Waals surface area contributed by atoms with Gasteiger partial charge in [0.15, 0.2) is 0 Å². The Hall–Kier alpha value is 0.230. The predicted molar refractivity (Wildman–Crippen MR) is 26.7 cm³/mol. The minimum absolute atomic E-state index is 0.634. The molecule has 1 unspecified atom stereocenters. The van der Waals surface area contributed by atoms with E-state index in [4.69, 9.17) is 10.3 Å². The van der Waals surface area contributed by atoms with Gasteiger partial charge in [-0.3, -0.25) is 0 Å². The summed E-state index contributed by atoms with van der Waals surface area (Å²) >= 11 is 1.24. The van der Waals surface area contributed by atoms with Crippen LogP contribution < -0.4 is 0 Å². The van der Waals surface area contributed by atoms with Gasteiger partial charge in [-0.1, -0.05) is 0 Å². The molecule has 2 N–H and O–H groups in total. The van der Waals surface area contributed by atoms with E-state index in [-0.39, 0.29) is 0 Å². The maximum atomic E-state index is 8.65. The van der Waals surface area contributed by atoms with Crippen LogP contribution in [0.15, 0.2) is 0 Å². The van der Waals surface area contributed by atoms with Crippen LogP contribution in [0.3, 0.4) is 0 Å². The molecule has 1 aliphatic rings. The van der Waals surface area contributed by atoms with Gasteiger partial charge in [0, 0.05) is 12.2 Å². The molecule has 0 aromatic carbocycles. The third kappa shape index (κ3) is 1.07. The fourth-order valence-electron chi connectivity index (χ4n) is 0.448. The van der Waals surface area contributed by atoms with Gasteiger partial charge >= 0.3 is 0 Å². The zero-order chi connectivity index (χ0) is 5.28. The van der Waals surface area contributed by atoms with Crippen LogP contribution in [0, 0.1) is 0 Å². The molecule has 3 nitrogen and oxygen atoms in total. The van der Waals surface area contributed by atoms with Crippen molar-refractivity contribution in [3.8, 4) is 0 Å². The second-order valence-corrected chi connectivity index (χ2v) is 2.45. The van der Waals surface area contributed by atoms with Crippen molar-refractivity contribution in [2.24, 2.45) is 0 Å². The molecule has 1 fully saturated rings. The Morgan fingerprint density at radius 1 is 1.71 bits per heavy atom. The third-order valence-corrected chi connectivity index (χ3v) is 1.78. The molecule has 0 radical (unpaired) electrons. The maximum Gasteiger partial charge on any atom is 0.141 e. The Labute approximate surface area is 46.0 Å². The van der Waals surface area contributed by atoms with Crippen molar-refractivity contribution >= 4 is 11.9 Å². The first kappa shape index (κ1) is 5.37. The van der Waals surface area contributed by atoms with Crippen LogP contribution in [0.5, 0.6) is 0 Å². The Morgan fingerprint density at radius 2 is 2.43 bits per heavy atom. The topological polar surface area (TPSA) is 43.7 Å². The summed E-state index contributed by atoms with van der Waals surface area (Å²) in [5.41, 5.74) is 0. The van der Waals surface area contributed by atoms with E-state index in [0.29, 0.717) is 6.42 Å². The van der Waals surface area contributed by atoms with Crippen LogP contribution in [0.1, 0.15) is 6.42 Å². The van der Waals surface area contributed by atoms with E-state index < -0.39 is 6.23 Å². The molecule has 0 amide bonds. The Bertz CT molecular complexity index is 62.0. The lowest BCUT2D eigenvalue weighted by Gasteiger charge is -2.06. The molecule has 0 aliphatic carbocycles. The first-order valence-corrected chi connectivity index (χ1v) is 3.04. The average molecular weight is 121 g/mol. The zero-order valence-corrected chi connectivity index (χ0v) is 4.56. The van der Waals surface area contributed by atoms with Crippen LogP contribution in [0.25, 0.3) is 0 Å². The summed E-state index contributed by atoms with van der Waals surface area (Å²) < 4.78 is 0.875. The molecule has 0 bridgehead atoms. The number of hydrogen-bond acceptors (Lipinski definition) is 4. The second-order valence-electron chi connectivity index (χ2n) is 1.41. The van der Waals surface area contributed by atoms with Crippen LogP contribution in [0.2, 0.25) is 0 Å². The Balaban J connectivity index is 2.33. The Kier molecular flexibility index (Phi) is 1.53. The van der Waals surface area contributed by atoms with Gasteiger partial charge in [-0.2, -0.15) is 0 Å². The van der Waals surface area contributed by atoms with Gasteiger partial charge in [0.1, 0.15) is 6.23 Å². The predicted octanol–water partition coefficient (Wildman–Crippen LogP) is 0.0479. The quantitative estimate of drug-likeness (QED) is 0.444. The first-order valence-electron chi connectivity index (χ1n) is 2.10. The van der Waals surface area contributed by atoms with Crippen LogP contribution in [-0.2, 0) is 0 Å². The molecule has 1 aliphatic heterocycles. The molecule has 1 rings (SSSR count). The summed E-state index contributed by atoms with van der Waals surface area (Å²) in [5.74, 6) is 0.817. The number of rotatable bonds is 0. The highest BCUT2D eigenvalue weighted by Crippen LogP contribution is 2.21. The van der Waals surface area contributed by atoms with E-state index in [9.17, 15) is 0 Å². The highest BCUT2D eigenvalue weighted by atomic mass is 32.2. The van der Waals surface area contributed by atoms with Gasteiger partial charge in [0.25, 0.3) is 0 Å². The molecular formula is C3H7NO2S. The van der Waals surface area contributed by atoms with Crippen molar-refractivity contribution in [2.45, 2.75) is 12.6 Å². The van der Waals surface area contributed by atoms with E-state index in [0.717, 1.165) is 10.2 Å². The summed E-state index contributed by atoms with van der Waals surface area (Å²) in [5, 5.41) is 17.2. The lowest BCUT2D eigenvalue weighted by atomic mass is 10.4. The van der Waals surface area contributed by atoms with E-state index in [1.807, 2.05) is 0 Å². The number of hydrogen-bond donors (Lipinski definition) is 2. The molecule has 0 aromatic heterocycles. The summed E-state index contributed by atoms with van der Waals surface area (Å²) in [4.78, 5) is 0. The highest BCUT2D eigenvalue weighted by Gasteiger charge is 2.19. The molecular weight excluding hydrogens is 114 g/mol. The van der Waals surface area contributed by atoms with E-state index in [1.54, 1.807) is 0 Å². The molecule has 0 spiro atoms. The van der Waals surface area contributed by atoms with Crippen LogP contribution in [0.4, 0.5) is 0 Å². The van der Waals surface area contributed by atoms with E-state index >= 15 is 0 Å². The standard InChI is InChI=1S/C3H7NO2S/c5-3-1-2-7-4(3)6/h3,5-6H,1-2H2. The summed E-state index contributed by atoms with van der Waals surface area (Å²) in [7, 11) is 0. The Morgan fingerprint density at radius 3 is 2.57 bits per heavy atom. The fraction of sp³-hybridized carbons (Fsp3) is 1.00. The fourth-order valence-corrected chi connectivity index (χ4v) is 1.23. The minimum Gasteiger partial charge on any atom is -0.375 e. The largest absolute Gasteiger partial charge is 0.375 e. The molecule has 0 saturated carbocycles. The van der Waals surface area contributed by atoms with Crippen molar-refractivity contribution < 1.29 is 10.3 Å². The van der Waals surface area contributed by atoms with Gasteiger partial charge in [-0.25, -0.2) is 0 Å². The van der Waals surface area contributed by atoms with Crippen molar-refractivity contribution in [1.82, 2.24) is 4.47 Å². The second kappa shape index (κ2) is 2.00. The van der Waals surface area contributed by atoms with Crippen LogP contribution in [-0.4, -0.2) is 26.8 Å². The SMILES string of the molecule is OC1CCSN1O. The lowest BCUT2D eigenvalue weighted by molar-refractivity contribution is -0.104. The monoisotopic (exact) mass is 121 g/mol. The lowest BCUT2D eigenvalue weighted by Crippen LogP contribution is -2.18. The molecule has 1 saturated heterocycles. The summed E-state index contributed by atoms with van der Waals surface area (Å²) in [6.07, 6.45) is 0.0336. The summed E-state index contributed by atoms with van der Waals surface area (Å²) in [6, 6.07) is 0. The normalized spacial score (nSPS) is 34.3. The number of hydroxylamine groups is 1. The van der Waals surface area contributed by atoms with Crippen molar-refractivity contribution in [3.05, 3.63) is 0 Å². The highest BCUT2D eigenvalue weighted by molar-refractivity contribution is 7.97. The van der Waals surface area contributed by atoms with Gasteiger partial charge in [0.2, 0.25) is 0 Å². The maximum absolute atomic E-state index is 8.65. The van der Waals surface area contributed by atoms with Gasteiger partial charge < -0.3 is 10.3 Å². The molecule has 1 atom stereocenters. The van der Waals surface area contributed by atoms with Gasteiger partial charge in [-0.15, -0.1) is 4.47 Å². The molecule has 4 heteroatoms. The molecule has 0 aromatic rings. The van der Waals surface area contributed by atoms with Crippen molar-refractivity contribution in [2.75, 3.05) is 5.75 Å². The van der Waals surface area contributed by atoms with Crippen molar-refractivity contribution in [1.29, 1.82) is 0 Å². The minimum atomic E-state index is -0.634. The zero-order valence-electron chi connectivity index (χ0n) is 3.74. The first-order chi connectivity index (χ1) is 3.30. The van der Waals surface area contributed by atoms with Crippen molar-refractivity contribution in [3.63, 3.8) is 0 Å². The molecule has 1 heterocycles. The van der Waals surface area contributed by atoms with E-state index in [2.05, 4.69) is 0 Å². The number of nitrogens with zero attached hydrogens (tertiary/aromatic N) is 1. The third-order valence-electron chi connectivity index (χ3n) is 0.855.